The number of halogens is 1. The lowest BCUT2D eigenvalue weighted by Crippen LogP contribution is -2.42. The van der Waals surface area contributed by atoms with Gasteiger partial charge < -0.3 is 14.0 Å². The van der Waals surface area contributed by atoms with Crippen LogP contribution in [0.2, 0.25) is 5.02 Å². The summed E-state index contributed by atoms with van der Waals surface area (Å²) in [7, 11) is -0.602. The first kappa shape index (κ1) is 25.4. The summed E-state index contributed by atoms with van der Waals surface area (Å²) in [6.07, 6.45) is 2.88. The molecule has 11 heteroatoms. The van der Waals surface area contributed by atoms with Gasteiger partial charge in [-0.05, 0) is 37.1 Å². The van der Waals surface area contributed by atoms with E-state index < -0.39 is 15.9 Å². The summed E-state index contributed by atoms with van der Waals surface area (Å²) in [5.74, 6) is 0.283. The highest BCUT2D eigenvalue weighted by Crippen LogP contribution is 2.33. The second-order valence-electron chi connectivity index (χ2n) is 8.06. The van der Waals surface area contributed by atoms with Crippen LogP contribution in [0.3, 0.4) is 0 Å². The maximum atomic E-state index is 13.2. The molecular weight excluding hydrogens is 510 g/mol. The normalized spacial score (nSPS) is 17.5. The molecule has 0 radical (unpaired) electrons. The van der Waals surface area contributed by atoms with Gasteiger partial charge in [-0.2, -0.15) is 9.30 Å². The molecule has 1 aromatic heterocycles. The van der Waals surface area contributed by atoms with E-state index in [1.807, 2.05) is 16.7 Å². The molecule has 0 aliphatic carbocycles. The number of sulfonamides is 1. The predicted octanol–water partition coefficient (Wildman–Crippen LogP) is 4.09. The Morgan fingerprint density at radius 2 is 1.91 bits per heavy atom. The highest BCUT2D eigenvalue weighted by Gasteiger charge is 2.33. The Morgan fingerprint density at radius 1 is 1.23 bits per heavy atom. The van der Waals surface area contributed by atoms with Crippen LogP contribution >= 0.6 is 22.9 Å². The number of amides is 1. The largest absolute Gasteiger partial charge is 0.493 e. The van der Waals surface area contributed by atoms with Gasteiger partial charge in [0.1, 0.15) is 0 Å². The molecule has 1 fully saturated rings. The van der Waals surface area contributed by atoms with Gasteiger partial charge in [0.2, 0.25) is 10.0 Å². The molecule has 1 unspecified atom stereocenters. The Bertz CT molecular complexity index is 1430. The smallest absolute Gasteiger partial charge is 0.252 e. The summed E-state index contributed by atoms with van der Waals surface area (Å²) in [5, 5.41) is 0.459. The number of carbonyl (C=O) groups is 1. The van der Waals surface area contributed by atoms with Gasteiger partial charge in [-0.25, -0.2) is 8.42 Å². The van der Waals surface area contributed by atoms with Crippen molar-refractivity contribution < 1.29 is 22.7 Å². The van der Waals surface area contributed by atoms with E-state index in [1.165, 1.54) is 27.8 Å². The number of thiazole rings is 1. The number of carbonyl (C=O) groups excluding carboxylic acids is 1. The number of hydrogen-bond acceptors (Lipinski definition) is 6. The Balaban J connectivity index is 1.66. The first-order valence-corrected chi connectivity index (χ1v) is 13.6. The molecule has 1 atom stereocenters. The number of allylic oxidation sites excluding steroid dienone is 1. The van der Waals surface area contributed by atoms with Crippen molar-refractivity contribution >= 4 is 49.1 Å². The van der Waals surface area contributed by atoms with Gasteiger partial charge in [0.05, 0.1) is 35.2 Å². The van der Waals surface area contributed by atoms with Crippen molar-refractivity contribution in [1.82, 2.24) is 8.87 Å². The van der Waals surface area contributed by atoms with Crippen molar-refractivity contribution in [3.8, 4) is 11.5 Å². The molecule has 4 rings (SSSR count). The number of rotatable bonds is 7. The van der Waals surface area contributed by atoms with Gasteiger partial charge >= 0.3 is 0 Å². The van der Waals surface area contributed by atoms with Crippen molar-refractivity contribution in [3.63, 3.8) is 0 Å². The third-order valence-electron chi connectivity index (χ3n) is 5.89. The molecular formula is C24H26ClN3O5S2. The van der Waals surface area contributed by atoms with Crippen molar-refractivity contribution in [2.45, 2.75) is 24.3 Å². The fourth-order valence-corrected chi connectivity index (χ4v) is 6.80. The van der Waals surface area contributed by atoms with Gasteiger partial charge in [-0.15, -0.1) is 6.58 Å². The molecule has 0 saturated carbocycles. The summed E-state index contributed by atoms with van der Waals surface area (Å²) in [4.78, 5) is 18.3. The maximum absolute atomic E-state index is 13.2. The summed E-state index contributed by atoms with van der Waals surface area (Å²) in [5.41, 5.74) is 0.842. The Morgan fingerprint density at radius 3 is 2.57 bits per heavy atom. The van der Waals surface area contributed by atoms with Crippen LogP contribution < -0.4 is 14.3 Å². The van der Waals surface area contributed by atoms with E-state index in [9.17, 15) is 13.2 Å². The van der Waals surface area contributed by atoms with Crippen LogP contribution in [0.5, 0.6) is 11.5 Å². The molecule has 2 aromatic carbocycles. The Hall–Kier alpha value is -2.66. The highest BCUT2D eigenvalue weighted by atomic mass is 35.5. The molecule has 1 aliphatic heterocycles. The molecule has 1 saturated heterocycles. The molecule has 3 aromatic rings. The summed E-state index contributed by atoms with van der Waals surface area (Å²) >= 11 is 7.26. The lowest BCUT2D eigenvalue weighted by atomic mass is 9.99. The fraction of sp³-hybridized carbons (Fsp3) is 0.333. The number of nitrogens with zero attached hydrogens (tertiary/aromatic N) is 3. The minimum absolute atomic E-state index is 0.0846. The fourth-order valence-electron chi connectivity index (χ4n) is 4.09. The molecule has 8 nitrogen and oxygen atoms in total. The minimum atomic E-state index is -3.73. The Kier molecular flexibility index (Phi) is 7.65. The standard InChI is InChI=1S/C24H26ClN3O5S2/c1-4-11-28-19-13-20(32-2)21(33-3)14-22(19)34-24(28)26-23(29)16-6-5-12-27(15-16)35(30,31)18-9-7-17(25)8-10-18/h4,7-10,13-14,16H,1,5-6,11-12,15H2,2-3H3. The van der Waals surface area contributed by atoms with Gasteiger partial charge in [0, 0.05) is 36.8 Å². The molecule has 1 aliphatic rings. The second-order valence-corrected chi connectivity index (χ2v) is 11.4. The zero-order valence-corrected chi connectivity index (χ0v) is 21.8. The van der Waals surface area contributed by atoms with Gasteiger partial charge in [0.25, 0.3) is 5.91 Å². The van der Waals surface area contributed by atoms with Crippen LogP contribution in [0.1, 0.15) is 12.8 Å². The molecule has 186 valence electrons. The third-order valence-corrected chi connectivity index (χ3v) is 9.06. The Labute approximate surface area is 213 Å². The monoisotopic (exact) mass is 535 g/mol. The van der Waals surface area contributed by atoms with Crippen molar-refractivity contribution in [1.29, 1.82) is 0 Å². The number of methoxy groups -OCH3 is 2. The highest BCUT2D eigenvalue weighted by molar-refractivity contribution is 7.89. The van der Waals surface area contributed by atoms with Gasteiger partial charge in [0.15, 0.2) is 16.3 Å². The topological polar surface area (TPSA) is 90.2 Å². The van der Waals surface area contributed by atoms with Crippen LogP contribution in [0.15, 0.2) is 58.9 Å². The SMILES string of the molecule is C=CCn1c(=NC(=O)C2CCCN(S(=O)(=O)c3ccc(Cl)cc3)C2)sc2cc(OC)c(OC)cc21. The quantitative estimate of drug-likeness (QED) is 0.425. The number of benzene rings is 2. The predicted molar refractivity (Wildman–Crippen MR) is 137 cm³/mol. The van der Waals surface area contributed by atoms with Crippen LogP contribution in [0.4, 0.5) is 0 Å². The number of ether oxygens (including phenoxy) is 2. The summed E-state index contributed by atoms with van der Waals surface area (Å²) < 4.78 is 41.2. The molecule has 2 heterocycles. The average molecular weight is 536 g/mol. The van der Waals surface area contributed by atoms with E-state index in [-0.39, 0.29) is 17.3 Å². The van der Waals surface area contributed by atoms with Crippen LogP contribution in [-0.4, -0.2) is 50.5 Å². The first-order valence-electron chi connectivity index (χ1n) is 11.0. The lowest BCUT2D eigenvalue weighted by Gasteiger charge is -2.30. The van der Waals surface area contributed by atoms with Crippen LogP contribution in [-0.2, 0) is 21.4 Å². The van der Waals surface area contributed by atoms with E-state index in [1.54, 1.807) is 32.4 Å². The second kappa shape index (κ2) is 10.5. The van der Waals surface area contributed by atoms with E-state index in [2.05, 4.69) is 11.6 Å². The molecule has 35 heavy (non-hydrogen) atoms. The van der Waals surface area contributed by atoms with Crippen molar-refractivity contribution in [3.05, 3.63) is 58.9 Å². The van der Waals surface area contributed by atoms with E-state index in [4.69, 9.17) is 21.1 Å². The number of hydrogen-bond donors (Lipinski definition) is 0. The lowest BCUT2D eigenvalue weighted by molar-refractivity contribution is -0.122. The first-order chi connectivity index (χ1) is 16.8. The number of fused-ring (bicyclic) bond motifs is 1. The average Bonchev–Trinajstić information content (AvgIpc) is 3.19. The van der Waals surface area contributed by atoms with E-state index in [0.29, 0.717) is 47.3 Å². The molecule has 0 bridgehead atoms. The van der Waals surface area contributed by atoms with Crippen LogP contribution in [0.25, 0.3) is 10.2 Å². The van der Waals surface area contributed by atoms with Crippen LogP contribution in [0, 0.1) is 5.92 Å². The number of aromatic nitrogens is 1. The zero-order chi connectivity index (χ0) is 25.2. The van der Waals surface area contributed by atoms with Crippen molar-refractivity contribution in [2.24, 2.45) is 10.9 Å². The van der Waals surface area contributed by atoms with Gasteiger partial charge in [-0.3, -0.25) is 4.79 Å². The van der Waals surface area contributed by atoms with E-state index in [0.717, 1.165) is 10.2 Å². The van der Waals surface area contributed by atoms with E-state index >= 15 is 0 Å². The zero-order valence-electron chi connectivity index (χ0n) is 19.4. The summed E-state index contributed by atoms with van der Waals surface area (Å²) in [6, 6.07) is 9.73. The minimum Gasteiger partial charge on any atom is -0.493 e. The molecule has 1 amide bonds. The summed E-state index contributed by atoms with van der Waals surface area (Å²) in [6.45, 7) is 4.71. The molecule has 0 spiro atoms. The van der Waals surface area contributed by atoms with Gasteiger partial charge in [-0.1, -0.05) is 29.0 Å². The maximum Gasteiger partial charge on any atom is 0.252 e. The number of piperidine rings is 1. The molecule has 0 N–H and O–H groups in total. The van der Waals surface area contributed by atoms with Crippen molar-refractivity contribution in [2.75, 3.05) is 27.3 Å². The third kappa shape index (κ3) is 5.16.